The number of piperidine rings is 1. The van der Waals surface area contributed by atoms with Crippen molar-refractivity contribution in [3.63, 3.8) is 0 Å². The van der Waals surface area contributed by atoms with E-state index in [4.69, 9.17) is 5.73 Å². The lowest BCUT2D eigenvalue weighted by Gasteiger charge is -2.34. The third kappa shape index (κ3) is 4.34. The molecule has 110 valence electrons. The van der Waals surface area contributed by atoms with E-state index in [-0.39, 0.29) is 12.4 Å². The van der Waals surface area contributed by atoms with E-state index in [2.05, 4.69) is 4.90 Å². The van der Waals surface area contributed by atoms with E-state index in [0.29, 0.717) is 19.1 Å². The molecule has 0 radical (unpaired) electrons. The number of alkyl halides is 3. The van der Waals surface area contributed by atoms with Crippen LogP contribution in [0, 0.1) is 0 Å². The van der Waals surface area contributed by atoms with Gasteiger partial charge in [0.15, 0.2) is 0 Å². The summed E-state index contributed by atoms with van der Waals surface area (Å²) in [6.07, 6.45) is -0.906. The van der Waals surface area contributed by atoms with Crippen LogP contribution in [0.4, 0.5) is 13.2 Å². The first-order valence-electron chi connectivity index (χ1n) is 6.10. The molecule has 1 fully saturated rings. The van der Waals surface area contributed by atoms with Crippen molar-refractivity contribution < 1.29 is 13.2 Å². The molecule has 1 saturated heterocycles. The van der Waals surface area contributed by atoms with Gasteiger partial charge in [-0.15, -0.1) is 23.7 Å². The summed E-state index contributed by atoms with van der Waals surface area (Å²) in [7, 11) is 0. The number of hydrogen-bond acceptors (Lipinski definition) is 3. The van der Waals surface area contributed by atoms with Crippen molar-refractivity contribution in [2.75, 3.05) is 13.1 Å². The molecule has 19 heavy (non-hydrogen) atoms. The van der Waals surface area contributed by atoms with E-state index in [0.717, 1.165) is 42.0 Å². The van der Waals surface area contributed by atoms with E-state index in [1.54, 1.807) is 6.07 Å². The van der Waals surface area contributed by atoms with Gasteiger partial charge in [0.2, 0.25) is 0 Å². The Kier molecular flexibility index (Phi) is 6.11. The molecule has 0 aliphatic carbocycles. The molecule has 0 saturated carbocycles. The highest BCUT2D eigenvalue weighted by atomic mass is 35.5. The van der Waals surface area contributed by atoms with Crippen molar-refractivity contribution in [1.82, 2.24) is 4.90 Å². The van der Waals surface area contributed by atoms with Crippen molar-refractivity contribution in [2.24, 2.45) is 5.73 Å². The summed E-state index contributed by atoms with van der Waals surface area (Å²) in [6, 6.07) is 3.06. The molecular weight excluding hydrogens is 297 g/mol. The lowest BCUT2D eigenvalue weighted by Crippen LogP contribution is -2.43. The zero-order valence-electron chi connectivity index (χ0n) is 10.4. The smallest absolute Gasteiger partial charge is 0.329 e. The third-order valence-corrected chi connectivity index (χ3v) is 4.44. The van der Waals surface area contributed by atoms with Gasteiger partial charge < -0.3 is 5.73 Å². The molecule has 1 unspecified atom stereocenters. The number of rotatable bonds is 3. The van der Waals surface area contributed by atoms with E-state index < -0.39 is 11.1 Å². The largest absolute Gasteiger partial charge is 0.425 e. The molecule has 0 amide bonds. The number of nitrogens with zero attached hydrogens (tertiary/aromatic N) is 1. The minimum absolute atomic E-state index is 0. The van der Waals surface area contributed by atoms with Gasteiger partial charge in [-0.05, 0) is 31.5 Å². The quantitative estimate of drug-likeness (QED) is 0.925. The topological polar surface area (TPSA) is 29.3 Å². The van der Waals surface area contributed by atoms with Gasteiger partial charge in [-0.2, -0.15) is 13.2 Å². The van der Waals surface area contributed by atoms with Gasteiger partial charge in [-0.3, -0.25) is 4.90 Å². The fourth-order valence-corrected chi connectivity index (χ4v) is 3.25. The molecule has 1 aliphatic rings. The maximum absolute atomic E-state index is 12.5. The summed E-state index contributed by atoms with van der Waals surface area (Å²) in [5, 5.41) is 0. The van der Waals surface area contributed by atoms with Gasteiger partial charge in [0.25, 0.3) is 0 Å². The van der Waals surface area contributed by atoms with Gasteiger partial charge in [-0.25, -0.2) is 0 Å². The summed E-state index contributed by atoms with van der Waals surface area (Å²) >= 11 is 0.839. The molecule has 1 aliphatic heterocycles. The van der Waals surface area contributed by atoms with Crippen LogP contribution in [0.1, 0.15) is 29.0 Å². The van der Waals surface area contributed by atoms with E-state index in [9.17, 15) is 13.2 Å². The Morgan fingerprint density at radius 3 is 2.63 bits per heavy atom. The molecule has 0 spiro atoms. The average molecular weight is 315 g/mol. The second-order valence-electron chi connectivity index (χ2n) is 4.62. The second kappa shape index (κ2) is 6.92. The molecule has 2 rings (SSSR count). The fraction of sp³-hybridized carbons (Fsp3) is 0.667. The van der Waals surface area contributed by atoms with E-state index >= 15 is 0 Å². The molecule has 0 bridgehead atoms. The van der Waals surface area contributed by atoms with Crippen LogP contribution in [0.5, 0.6) is 0 Å². The number of halogens is 4. The van der Waals surface area contributed by atoms with Crippen molar-refractivity contribution >= 4 is 23.7 Å². The minimum atomic E-state index is -4.22. The number of thiophene rings is 1. The van der Waals surface area contributed by atoms with Crippen LogP contribution in [0.3, 0.4) is 0 Å². The number of hydrogen-bond donors (Lipinski definition) is 1. The SMILES string of the molecule is Cl.NCC1CCCCN1Cc1ccc(C(F)(F)F)s1. The van der Waals surface area contributed by atoms with Gasteiger partial charge in [0, 0.05) is 24.0 Å². The molecule has 2 N–H and O–H groups in total. The molecule has 0 aromatic carbocycles. The molecule has 1 aromatic rings. The molecular formula is C12H18ClF3N2S. The van der Waals surface area contributed by atoms with Crippen LogP contribution in [0.25, 0.3) is 0 Å². The summed E-state index contributed by atoms with van der Waals surface area (Å²) in [6.45, 7) is 2.10. The maximum atomic E-state index is 12.5. The summed E-state index contributed by atoms with van der Waals surface area (Å²) < 4.78 is 37.5. The number of nitrogens with two attached hydrogens (primary N) is 1. The molecule has 2 heterocycles. The highest BCUT2D eigenvalue weighted by Gasteiger charge is 2.32. The standard InChI is InChI=1S/C12H17F3N2S.ClH/c13-12(14,15)11-5-4-10(18-11)8-17-6-2-1-3-9(17)7-16;/h4-5,9H,1-3,6-8,16H2;1H. The monoisotopic (exact) mass is 314 g/mol. The Balaban J connectivity index is 0.00000180. The fourth-order valence-electron chi connectivity index (χ4n) is 2.35. The highest BCUT2D eigenvalue weighted by molar-refractivity contribution is 7.12. The first-order chi connectivity index (χ1) is 8.50. The Morgan fingerprint density at radius 2 is 2.05 bits per heavy atom. The van der Waals surface area contributed by atoms with Crippen LogP contribution in [-0.2, 0) is 12.7 Å². The van der Waals surface area contributed by atoms with Gasteiger partial charge in [0.1, 0.15) is 4.88 Å². The van der Waals surface area contributed by atoms with Crippen LogP contribution < -0.4 is 5.73 Å². The second-order valence-corrected chi connectivity index (χ2v) is 5.79. The minimum Gasteiger partial charge on any atom is -0.329 e. The highest BCUT2D eigenvalue weighted by Crippen LogP contribution is 2.35. The van der Waals surface area contributed by atoms with E-state index in [1.165, 1.54) is 6.07 Å². The van der Waals surface area contributed by atoms with Crippen LogP contribution in [0.15, 0.2) is 12.1 Å². The Bertz CT molecular complexity index is 395. The lowest BCUT2D eigenvalue weighted by molar-refractivity contribution is -0.134. The predicted molar refractivity (Wildman–Crippen MR) is 73.7 cm³/mol. The molecule has 1 aromatic heterocycles. The Morgan fingerprint density at radius 1 is 1.32 bits per heavy atom. The van der Waals surface area contributed by atoms with E-state index in [1.807, 2.05) is 0 Å². The molecule has 1 atom stereocenters. The van der Waals surface area contributed by atoms with Gasteiger partial charge >= 0.3 is 6.18 Å². The maximum Gasteiger partial charge on any atom is 0.425 e. The average Bonchev–Trinajstić information content (AvgIpc) is 2.78. The van der Waals surface area contributed by atoms with Crippen molar-refractivity contribution in [3.8, 4) is 0 Å². The first kappa shape index (κ1) is 16.8. The van der Waals surface area contributed by atoms with Crippen LogP contribution >= 0.6 is 23.7 Å². The van der Waals surface area contributed by atoms with Crippen molar-refractivity contribution in [2.45, 2.75) is 38.0 Å². The van der Waals surface area contributed by atoms with Crippen molar-refractivity contribution in [1.29, 1.82) is 0 Å². The first-order valence-corrected chi connectivity index (χ1v) is 6.92. The summed E-state index contributed by atoms with van der Waals surface area (Å²) in [5.41, 5.74) is 5.70. The van der Waals surface area contributed by atoms with Gasteiger partial charge in [-0.1, -0.05) is 6.42 Å². The zero-order valence-corrected chi connectivity index (χ0v) is 12.1. The normalized spacial score (nSPS) is 21.2. The molecule has 7 heteroatoms. The Labute approximate surface area is 121 Å². The number of likely N-dealkylation sites (tertiary alicyclic amines) is 1. The van der Waals surface area contributed by atoms with Crippen LogP contribution in [0.2, 0.25) is 0 Å². The third-order valence-electron chi connectivity index (χ3n) is 3.32. The summed E-state index contributed by atoms with van der Waals surface area (Å²) in [4.78, 5) is 2.46. The summed E-state index contributed by atoms with van der Waals surface area (Å²) in [5.74, 6) is 0. The Hall–Kier alpha value is -0.300. The van der Waals surface area contributed by atoms with Gasteiger partial charge in [0.05, 0.1) is 0 Å². The molecule has 2 nitrogen and oxygen atoms in total. The predicted octanol–water partition coefficient (Wildman–Crippen LogP) is 3.50. The van der Waals surface area contributed by atoms with Crippen LogP contribution in [-0.4, -0.2) is 24.0 Å². The lowest BCUT2D eigenvalue weighted by atomic mass is 10.0. The zero-order chi connectivity index (χ0) is 13.2. The van der Waals surface area contributed by atoms with Crippen molar-refractivity contribution in [3.05, 3.63) is 21.9 Å².